The molecule has 1 aliphatic rings. The summed E-state index contributed by atoms with van der Waals surface area (Å²) in [5.41, 5.74) is 2.03. The maximum absolute atomic E-state index is 8.99. The third-order valence-corrected chi connectivity index (χ3v) is 5.51. The van der Waals surface area contributed by atoms with Crippen LogP contribution in [0.3, 0.4) is 0 Å². The van der Waals surface area contributed by atoms with Gasteiger partial charge in [-0.1, -0.05) is 11.3 Å². The number of thiazole rings is 1. The van der Waals surface area contributed by atoms with Crippen LogP contribution in [-0.4, -0.2) is 38.8 Å². The van der Waals surface area contributed by atoms with Crippen LogP contribution in [0.1, 0.15) is 13.3 Å². The molecule has 0 aliphatic carbocycles. The molecule has 6 nitrogen and oxygen atoms in total. The molecule has 122 valence electrons. The van der Waals surface area contributed by atoms with E-state index in [0.29, 0.717) is 12.0 Å². The van der Waals surface area contributed by atoms with E-state index in [2.05, 4.69) is 34.6 Å². The van der Waals surface area contributed by atoms with Crippen molar-refractivity contribution in [3.8, 4) is 11.9 Å². The Morgan fingerprint density at radius 3 is 3.12 bits per heavy atom. The number of nitrogens with one attached hydrogen (secondary N) is 1. The third-order valence-electron chi connectivity index (χ3n) is 4.57. The molecule has 0 amide bonds. The van der Waals surface area contributed by atoms with Gasteiger partial charge in [-0.3, -0.25) is 0 Å². The number of hydrogen-bond donors (Lipinski definition) is 1. The number of hydrogen-bond acceptors (Lipinski definition) is 6. The fraction of sp³-hybridized carbons (Fsp3) is 0.353. The summed E-state index contributed by atoms with van der Waals surface area (Å²) in [5.74, 6) is 0.483. The summed E-state index contributed by atoms with van der Waals surface area (Å²) < 4.78 is 2.99. The maximum Gasteiger partial charge on any atom is 0.184 e. The van der Waals surface area contributed by atoms with Gasteiger partial charge in [-0.15, -0.1) is 0 Å². The second-order valence-corrected chi connectivity index (χ2v) is 7.18. The molecule has 0 bridgehead atoms. The van der Waals surface area contributed by atoms with E-state index in [0.717, 1.165) is 40.5 Å². The number of fused-ring (bicyclic) bond motifs is 1. The van der Waals surface area contributed by atoms with Crippen LogP contribution in [0, 0.1) is 17.4 Å². The molecule has 3 aromatic rings. The van der Waals surface area contributed by atoms with Crippen LogP contribution >= 0.6 is 11.3 Å². The topological polar surface area (TPSA) is 69.8 Å². The molecule has 7 heteroatoms. The van der Waals surface area contributed by atoms with Crippen LogP contribution in [-0.2, 0) is 0 Å². The van der Waals surface area contributed by atoms with Crippen molar-refractivity contribution in [2.45, 2.75) is 19.4 Å². The van der Waals surface area contributed by atoms with Crippen LogP contribution < -0.4 is 5.32 Å². The van der Waals surface area contributed by atoms with E-state index >= 15 is 0 Å². The average molecular weight is 338 g/mol. The quantitative estimate of drug-likeness (QED) is 0.740. The minimum Gasteiger partial charge on any atom is -0.359 e. The van der Waals surface area contributed by atoms with E-state index < -0.39 is 0 Å². The summed E-state index contributed by atoms with van der Waals surface area (Å²) in [5, 5.41) is 17.7. The van der Waals surface area contributed by atoms with Gasteiger partial charge in [0.1, 0.15) is 0 Å². The fourth-order valence-electron chi connectivity index (χ4n) is 3.14. The van der Waals surface area contributed by atoms with Gasteiger partial charge in [0, 0.05) is 31.5 Å². The monoisotopic (exact) mass is 338 g/mol. The number of anilines is 1. The van der Waals surface area contributed by atoms with Crippen molar-refractivity contribution in [2.24, 2.45) is 5.92 Å². The highest BCUT2D eigenvalue weighted by molar-refractivity contribution is 7.22. The Bertz CT molecular complexity index is 878. The van der Waals surface area contributed by atoms with Gasteiger partial charge in [0.15, 0.2) is 11.3 Å². The van der Waals surface area contributed by atoms with Crippen molar-refractivity contribution in [1.82, 2.24) is 19.7 Å². The first-order valence-corrected chi connectivity index (χ1v) is 8.86. The molecule has 0 spiro atoms. The second kappa shape index (κ2) is 6.13. The minimum atomic E-state index is 0.300. The highest BCUT2D eigenvalue weighted by Gasteiger charge is 2.26. The Balaban J connectivity index is 1.52. The van der Waals surface area contributed by atoms with Gasteiger partial charge >= 0.3 is 0 Å². The summed E-state index contributed by atoms with van der Waals surface area (Å²) in [7, 11) is 0. The highest BCUT2D eigenvalue weighted by Crippen LogP contribution is 2.30. The molecular weight excluding hydrogens is 320 g/mol. The van der Waals surface area contributed by atoms with Gasteiger partial charge in [-0.25, -0.2) is 9.67 Å². The second-order valence-electron chi connectivity index (χ2n) is 6.15. The van der Waals surface area contributed by atoms with Crippen molar-refractivity contribution in [2.75, 3.05) is 18.4 Å². The van der Waals surface area contributed by atoms with Crippen molar-refractivity contribution in [3.63, 3.8) is 0 Å². The fourth-order valence-corrected chi connectivity index (χ4v) is 4.13. The molecule has 0 radical (unpaired) electrons. The van der Waals surface area contributed by atoms with Crippen LogP contribution in [0.5, 0.6) is 0 Å². The van der Waals surface area contributed by atoms with Gasteiger partial charge in [0.05, 0.1) is 15.9 Å². The predicted molar refractivity (Wildman–Crippen MR) is 95.1 cm³/mol. The van der Waals surface area contributed by atoms with E-state index in [1.54, 1.807) is 17.5 Å². The van der Waals surface area contributed by atoms with Gasteiger partial charge in [-0.2, -0.15) is 10.4 Å². The van der Waals surface area contributed by atoms with Crippen LogP contribution in [0.25, 0.3) is 15.9 Å². The normalized spacial score (nSPS) is 18.7. The molecule has 1 fully saturated rings. The van der Waals surface area contributed by atoms with Crippen LogP contribution in [0.4, 0.5) is 5.13 Å². The van der Waals surface area contributed by atoms with Gasteiger partial charge in [0.25, 0.3) is 0 Å². The Kier molecular flexibility index (Phi) is 3.82. The zero-order chi connectivity index (χ0) is 16.5. The number of aromatic nitrogens is 3. The molecule has 2 aromatic heterocycles. The van der Waals surface area contributed by atoms with Crippen molar-refractivity contribution < 1.29 is 0 Å². The largest absolute Gasteiger partial charge is 0.359 e. The van der Waals surface area contributed by atoms with Gasteiger partial charge in [0.2, 0.25) is 0 Å². The number of benzene rings is 1. The Morgan fingerprint density at radius 1 is 1.46 bits per heavy atom. The smallest absolute Gasteiger partial charge is 0.184 e. The zero-order valence-corrected chi connectivity index (χ0v) is 14.2. The number of rotatable bonds is 4. The van der Waals surface area contributed by atoms with E-state index in [1.807, 2.05) is 34.0 Å². The zero-order valence-electron chi connectivity index (χ0n) is 13.4. The first-order valence-electron chi connectivity index (χ1n) is 8.05. The Labute approximate surface area is 144 Å². The molecule has 2 unspecified atom stereocenters. The van der Waals surface area contributed by atoms with E-state index in [-0.39, 0.29) is 0 Å². The molecule has 4 rings (SSSR count). The number of nitrogens with zero attached hydrogens (tertiary/aromatic N) is 5. The predicted octanol–water partition coefficient (Wildman–Crippen LogP) is 3.09. The Hall–Kier alpha value is -2.59. The molecule has 2 atom stereocenters. The number of nitriles is 1. The Morgan fingerprint density at radius 2 is 2.38 bits per heavy atom. The van der Waals surface area contributed by atoms with Crippen LogP contribution in [0.2, 0.25) is 0 Å². The molecule has 1 saturated heterocycles. The molecule has 0 saturated carbocycles. The molecule has 24 heavy (non-hydrogen) atoms. The summed E-state index contributed by atoms with van der Waals surface area (Å²) in [6.07, 6.45) is 7.00. The molecule has 3 heterocycles. The minimum absolute atomic E-state index is 0.300. The van der Waals surface area contributed by atoms with E-state index in [9.17, 15) is 0 Å². The standard InChI is InChI=1S/C17H18N6S/c1-12(13-5-8-22(10-13)11-18)20-17-21-15-4-3-14(9-16(15)24-17)23-7-2-6-19-23/h2-4,6-7,9,12-13H,5,8,10H2,1H3,(H,20,21). The molecule has 1 aliphatic heterocycles. The van der Waals surface area contributed by atoms with Gasteiger partial charge < -0.3 is 10.2 Å². The lowest BCUT2D eigenvalue weighted by atomic mass is 10.0. The third kappa shape index (κ3) is 2.81. The van der Waals surface area contributed by atoms with E-state index in [1.165, 1.54) is 0 Å². The van der Waals surface area contributed by atoms with Crippen molar-refractivity contribution in [3.05, 3.63) is 36.7 Å². The van der Waals surface area contributed by atoms with Crippen molar-refractivity contribution in [1.29, 1.82) is 5.26 Å². The van der Waals surface area contributed by atoms with E-state index in [4.69, 9.17) is 5.26 Å². The lowest BCUT2D eigenvalue weighted by molar-refractivity contribution is 0.432. The SMILES string of the molecule is CC(Nc1nc2ccc(-n3cccn3)cc2s1)C1CCN(C#N)C1. The summed E-state index contributed by atoms with van der Waals surface area (Å²) in [6, 6.07) is 8.39. The molecule has 1 aromatic carbocycles. The lowest BCUT2D eigenvalue weighted by Gasteiger charge is -2.19. The summed E-state index contributed by atoms with van der Waals surface area (Å²) >= 11 is 1.66. The lowest BCUT2D eigenvalue weighted by Crippen LogP contribution is -2.27. The number of likely N-dealkylation sites (tertiary alicyclic amines) is 1. The average Bonchev–Trinajstić information content (AvgIpc) is 3.33. The van der Waals surface area contributed by atoms with Gasteiger partial charge in [-0.05, 0) is 43.5 Å². The maximum atomic E-state index is 8.99. The first-order chi connectivity index (χ1) is 11.7. The summed E-state index contributed by atoms with van der Waals surface area (Å²) in [6.45, 7) is 3.87. The van der Waals surface area contributed by atoms with Crippen molar-refractivity contribution >= 4 is 26.7 Å². The highest BCUT2D eigenvalue weighted by atomic mass is 32.1. The summed E-state index contributed by atoms with van der Waals surface area (Å²) in [4.78, 5) is 6.52. The van der Waals surface area contributed by atoms with Crippen LogP contribution in [0.15, 0.2) is 36.7 Å². The first kappa shape index (κ1) is 15.0. The molecule has 1 N–H and O–H groups in total. The molecular formula is C17H18N6S.